The van der Waals surface area contributed by atoms with Crippen molar-refractivity contribution in [1.29, 1.82) is 0 Å². The highest BCUT2D eigenvalue weighted by atomic mass is 79.9. The zero-order chi connectivity index (χ0) is 10.7. The smallest absolute Gasteiger partial charge is 0.265 e. The zero-order valence-corrected chi connectivity index (χ0v) is 12.1. The molecule has 0 atom stereocenters. The Balaban J connectivity index is 0.00000128. The summed E-state index contributed by atoms with van der Waals surface area (Å²) in [5.74, 6) is 0. The standard InChI is InChI=1S/C11H13BrN3.BrH/c1-2-15-9-14(8-13-15)7-10-3-5-11(12)6-4-10;/h3-6,8-9H,2,7H2,1H3;1H/q+1;/p-1. The number of benzene rings is 1. The lowest BCUT2D eigenvalue weighted by Gasteiger charge is -1.97. The van der Waals surface area contributed by atoms with Crippen molar-refractivity contribution >= 4 is 15.9 Å². The molecule has 0 radical (unpaired) electrons. The summed E-state index contributed by atoms with van der Waals surface area (Å²) in [6.07, 6.45) is 3.87. The van der Waals surface area contributed by atoms with Crippen molar-refractivity contribution in [3.63, 3.8) is 0 Å². The molecule has 0 aliphatic rings. The molecular weight excluding hydrogens is 334 g/mol. The monoisotopic (exact) mass is 345 g/mol. The van der Waals surface area contributed by atoms with E-state index in [1.54, 1.807) is 0 Å². The lowest BCUT2D eigenvalue weighted by atomic mass is 10.2. The van der Waals surface area contributed by atoms with Crippen LogP contribution >= 0.6 is 15.9 Å². The molecule has 0 N–H and O–H groups in total. The molecule has 0 aliphatic carbocycles. The molecule has 1 heterocycles. The van der Waals surface area contributed by atoms with Gasteiger partial charge in [-0.05, 0) is 24.6 Å². The van der Waals surface area contributed by atoms with E-state index in [0.29, 0.717) is 0 Å². The van der Waals surface area contributed by atoms with E-state index in [4.69, 9.17) is 0 Å². The number of hydrogen-bond acceptors (Lipinski definition) is 1. The van der Waals surface area contributed by atoms with Gasteiger partial charge in [-0.1, -0.05) is 28.1 Å². The number of nitrogens with zero attached hydrogens (tertiary/aromatic N) is 3. The van der Waals surface area contributed by atoms with Crippen molar-refractivity contribution in [2.24, 2.45) is 0 Å². The molecule has 0 saturated carbocycles. The third kappa shape index (κ3) is 3.42. The molecule has 2 aromatic rings. The first-order valence-electron chi connectivity index (χ1n) is 4.94. The molecule has 1 aromatic heterocycles. The van der Waals surface area contributed by atoms with Gasteiger partial charge in [0.2, 0.25) is 6.33 Å². The minimum absolute atomic E-state index is 0. The Hall–Kier alpha value is -0.680. The summed E-state index contributed by atoms with van der Waals surface area (Å²) in [5, 5.41) is 4.22. The van der Waals surface area contributed by atoms with Crippen LogP contribution in [0.1, 0.15) is 12.5 Å². The molecule has 0 saturated heterocycles. The summed E-state index contributed by atoms with van der Waals surface area (Å²) in [4.78, 5) is 0. The molecule has 16 heavy (non-hydrogen) atoms. The first-order valence-corrected chi connectivity index (χ1v) is 5.73. The number of aryl methyl sites for hydroxylation is 1. The molecule has 1 aromatic carbocycles. The van der Waals surface area contributed by atoms with Gasteiger partial charge in [-0.3, -0.25) is 0 Å². The molecule has 0 aliphatic heterocycles. The highest BCUT2D eigenvalue weighted by Crippen LogP contribution is 2.09. The third-order valence-corrected chi connectivity index (χ3v) is 2.76. The maximum Gasteiger partial charge on any atom is 0.265 e. The second-order valence-corrected chi connectivity index (χ2v) is 4.32. The maximum atomic E-state index is 4.22. The molecule has 86 valence electrons. The van der Waals surface area contributed by atoms with Gasteiger partial charge >= 0.3 is 0 Å². The van der Waals surface area contributed by atoms with Gasteiger partial charge in [0.15, 0.2) is 0 Å². The SMILES string of the molecule is CCn1c[n+](Cc2ccc(Br)cc2)cn1.[Br-]. The fraction of sp³-hybridized carbons (Fsp3) is 0.273. The Labute approximate surface area is 114 Å². The minimum atomic E-state index is 0. The van der Waals surface area contributed by atoms with E-state index in [0.717, 1.165) is 17.6 Å². The summed E-state index contributed by atoms with van der Waals surface area (Å²) in [5.41, 5.74) is 1.28. The Morgan fingerprint density at radius 1 is 1.31 bits per heavy atom. The van der Waals surface area contributed by atoms with E-state index in [9.17, 15) is 0 Å². The van der Waals surface area contributed by atoms with E-state index < -0.39 is 0 Å². The van der Waals surface area contributed by atoms with Gasteiger partial charge in [0.1, 0.15) is 6.54 Å². The largest absolute Gasteiger partial charge is 1.00 e. The van der Waals surface area contributed by atoms with Crippen molar-refractivity contribution < 1.29 is 21.5 Å². The highest BCUT2D eigenvalue weighted by molar-refractivity contribution is 9.10. The first-order chi connectivity index (χ1) is 7.28. The molecule has 0 amide bonds. The van der Waals surface area contributed by atoms with Gasteiger partial charge in [0.25, 0.3) is 6.33 Å². The Morgan fingerprint density at radius 3 is 2.56 bits per heavy atom. The lowest BCUT2D eigenvalue weighted by molar-refractivity contribution is -0.689. The van der Waals surface area contributed by atoms with E-state index in [-0.39, 0.29) is 17.0 Å². The van der Waals surface area contributed by atoms with Crippen LogP contribution in [0.2, 0.25) is 0 Å². The molecule has 0 unspecified atom stereocenters. The predicted molar refractivity (Wildman–Crippen MR) is 61.3 cm³/mol. The number of aromatic nitrogens is 3. The quantitative estimate of drug-likeness (QED) is 0.654. The van der Waals surface area contributed by atoms with Crippen LogP contribution in [-0.4, -0.2) is 9.78 Å². The van der Waals surface area contributed by atoms with Crippen LogP contribution < -0.4 is 21.5 Å². The lowest BCUT2D eigenvalue weighted by Crippen LogP contribution is -3.00. The molecule has 0 bridgehead atoms. The van der Waals surface area contributed by atoms with Crippen LogP contribution in [0.3, 0.4) is 0 Å². The van der Waals surface area contributed by atoms with E-state index >= 15 is 0 Å². The molecule has 3 nitrogen and oxygen atoms in total. The van der Waals surface area contributed by atoms with E-state index in [2.05, 4.69) is 56.8 Å². The van der Waals surface area contributed by atoms with Gasteiger partial charge in [-0.25, -0.2) is 4.57 Å². The second-order valence-electron chi connectivity index (χ2n) is 3.40. The summed E-state index contributed by atoms with van der Waals surface area (Å²) in [6.45, 7) is 3.86. The fourth-order valence-electron chi connectivity index (χ4n) is 1.41. The summed E-state index contributed by atoms with van der Waals surface area (Å²) in [7, 11) is 0. The van der Waals surface area contributed by atoms with E-state index in [1.165, 1.54) is 5.56 Å². The molecule has 2 rings (SSSR count). The number of rotatable bonds is 3. The third-order valence-electron chi connectivity index (χ3n) is 2.23. The van der Waals surface area contributed by atoms with Crippen LogP contribution in [-0.2, 0) is 13.1 Å². The average molecular weight is 347 g/mol. The van der Waals surface area contributed by atoms with Crippen LogP contribution in [0.4, 0.5) is 0 Å². The molecular formula is C11H13Br2N3. The maximum absolute atomic E-state index is 4.22. The van der Waals surface area contributed by atoms with Crippen molar-refractivity contribution in [3.8, 4) is 0 Å². The molecule has 5 heteroatoms. The number of halogens is 2. The van der Waals surface area contributed by atoms with Crippen molar-refractivity contribution in [2.45, 2.75) is 20.0 Å². The zero-order valence-electron chi connectivity index (χ0n) is 8.98. The Morgan fingerprint density at radius 2 is 2.00 bits per heavy atom. The normalized spacial score (nSPS) is 9.88. The van der Waals surface area contributed by atoms with Gasteiger partial charge in [-0.15, -0.1) is 4.68 Å². The van der Waals surface area contributed by atoms with Crippen LogP contribution in [0, 0.1) is 0 Å². The van der Waals surface area contributed by atoms with Gasteiger partial charge < -0.3 is 17.0 Å². The molecule has 0 spiro atoms. The van der Waals surface area contributed by atoms with Gasteiger partial charge in [0, 0.05) is 9.57 Å². The van der Waals surface area contributed by atoms with Crippen LogP contribution in [0.5, 0.6) is 0 Å². The second kappa shape index (κ2) is 6.15. The highest BCUT2D eigenvalue weighted by Gasteiger charge is 2.03. The van der Waals surface area contributed by atoms with Crippen LogP contribution in [0.25, 0.3) is 0 Å². The van der Waals surface area contributed by atoms with Gasteiger partial charge in [-0.2, -0.15) is 0 Å². The topological polar surface area (TPSA) is 21.7 Å². The fourth-order valence-corrected chi connectivity index (χ4v) is 1.67. The summed E-state index contributed by atoms with van der Waals surface area (Å²) < 4.78 is 5.10. The van der Waals surface area contributed by atoms with Crippen molar-refractivity contribution in [2.75, 3.05) is 0 Å². The predicted octanol–water partition coefficient (Wildman–Crippen LogP) is -0.995. The first kappa shape index (κ1) is 13.4. The number of hydrogen-bond donors (Lipinski definition) is 0. The Kier molecular flexibility index (Phi) is 5.15. The summed E-state index contributed by atoms with van der Waals surface area (Å²) >= 11 is 3.42. The summed E-state index contributed by atoms with van der Waals surface area (Å²) in [6, 6.07) is 8.33. The minimum Gasteiger partial charge on any atom is -1.00 e. The van der Waals surface area contributed by atoms with Crippen molar-refractivity contribution in [1.82, 2.24) is 9.78 Å². The Bertz CT molecular complexity index is 437. The molecule has 0 fully saturated rings. The van der Waals surface area contributed by atoms with Crippen LogP contribution in [0.15, 0.2) is 41.4 Å². The van der Waals surface area contributed by atoms with Gasteiger partial charge in [0.05, 0.1) is 6.54 Å². The average Bonchev–Trinajstić information content (AvgIpc) is 2.69. The van der Waals surface area contributed by atoms with E-state index in [1.807, 2.05) is 17.3 Å². The van der Waals surface area contributed by atoms with Crippen molar-refractivity contribution in [3.05, 3.63) is 47.0 Å².